The summed E-state index contributed by atoms with van der Waals surface area (Å²) in [5, 5.41) is 9.61. The third-order valence-corrected chi connectivity index (χ3v) is 3.36. The van der Waals surface area contributed by atoms with Gasteiger partial charge in [-0.3, -0.25) is 4.79 Å². The number of hydrogen-bond donors (Lipinski definition) is 1. The van der Waals surface area contributed by atoms with Crippen LogP contribution >= 0.6 is 0 Å². The normalized spacial score (nSPS) is 13.8. The zero-order valence-corrected chi connectivity index (χ0v) is 12.0. The third-order valence-electron chi connectivity index (χ3n) is 3.36. The minimum atomic E-state index is -1.15. The lowest BCUT2D eigenvalue weighted by Crippen LogP contribution is -2.18. The summed E-state index contributed by atoms with van der Waals surface area (Å²) in [5.41, 5.74) is 1.26. The lowest BCUT2D eigenvalue weighted by atomic mass is 10.1. The minimum absolute atomic E-state index is 0.139. The molecule has 1 aromatic carbocycles. The molecule has 0 atom stereocenters. The van der Waals surface area contributed by atoms with Crippen LogP contribution in [0, 0.1) is 6.92 Å². The molecule has 0 spiro atoms. The first-order valence-electron chi connectivity index (χ1n) is 6.97. The Balaban J connectivity index is 0.000000704. The number of nitrogens with zero attached hydrogens (tertiary/aromatic N) is 1. The van der Waals surface area contributed by atoms with Crippen LogP contribution in [0.15, 0.2) is 29.2 Å². The van der Waals surface area contributed by atoms with Gasteiger partial charge in [-0.25, -0.2) is 4.79 Å². The minimum Gasteiger partial charge on any atom is -0.477 e. The van der Waals surface area contributed by atoms with Gasteiger partial charge in [0.25, 0.3) is 0 Å². The maximum Gasteiger partial charge on any atom is 0.341 e. The molecule has 0 radical (unpaired) electrons. The van der Waals surface area contributed by atoms with E-state index in [-0.39, 0.29) is 5.56 Å². The van der Waals surface area contributed by atoms with Crippen LogP contribution in [-0.4, -0.2) is 15.6 Å². The molecule has 2 aromatic rings. The molecule has 0 bridgehead atoms. The van der Waals surface area contributed by atoms with Crippen molar-refractivity contribution in [1.82, 2.24) is 4.57 Å². The molecule has 1 aliphatic carbocycles. The zero-order chi connectivity index (χ0) is 14.9. The van der Waals surface area contributed by atoms with Crippen molar-refractivity contribution in [3.63, 3.8) is 0 Å². The van der Waals surface area contributed by atoms with E-state index < -0.39 is 11.4 Å². The number of aryl methyl sites for hydroxylation is 1. The van der Waals surface area contributed by atoms with Crippen LogP contribution in [0.4, 0.5) is 0 Å². The Bertz CT molecular complexity index is 711. The molecule has 106 valence electrons. The van der Waals surface area contributed by atoms with E-state index in [2.05, 4.69) is 0 Å². The molecule has 1 heterocycles. The molecular formula is C16H19NO3. The second-order valence-corrected chi connectivity index (χ2v) is 4.84. The van der Waals surface area contributed by atoms with E-state index in [1.807, 2.05) is 37.5 Å². The van der Waals surface area contributed by atoms with E-state index >= 15 is 0 Å². The molecule has 4 nitrogen and oxygen atoms in total. The van der Waals surface area contributed by atoms with E-state index in [1.54, 1.807) is 6.07 Å². The number of carboxylic acids is 1. The van der Waals surface area contributed by atoms with Crippen LogP contribution in [0.1, 0.15) is 48.7 Å². The second-order valence-electron chi connectivity index (χ2n) is 4.84. The maximum absolute atomic E-state index is 12.1. The fraction of sp³-hybridized carbons (Fsp3) is 0.375. The number of carbonyl (C=O) groups is 1. The zero-order valence-electron chi connectivity index (χ0n) is 12.0. The summed E-state index contributed by atoms with van der Waals surface area (Å²) in [7, 11) is 0. The fourth-order valence-corrected chi connectivity index (χ4v) is 2.28. The van der Waals surface area contributed by atoms with Crippen LogP contribution in [0.2, 0.25) is 0 Å². The highest BCUT2D eigenvalue weighted by atomic mass is 16.4. The van der Waals surface area contributed by atoms with Crippen molar-refractivity contribution < 1.29 is 9.90 Å². The molecule has 3 rings (SSSR count). The van der Waals surface area contributed by atoms with Gasteiger partial charge in [-0.2, -0.15) is 0 Å². The number of benzene rings is 1. The van der Waals surface area contributed by atoms with Crippen LogP contribution in [0.25, 0.3) is 10.9 Å². The van der Waals surface area contributed by atoms with Crippen LogP contribution in [-0.2, 0) is 0 Å². The summed E-state index contributed by atoms with van der Waals surface area (Å²) < 4.78 is 1.93. The molecule has 1 N–H and O–H groups in total. The second kappa shape index (κ2) is 5.49. The molecule has 1 fully saturated rings. The van der Waals surface area contributed by atoms with Gasteiger partial charge >= 0.3 is 5.97 Å². The summed E-state index contributed by atoms with van der Waals surface area (Å²) in [5.74, 6) is -1.15. The molecule has 1 aromatic heterocycles. The standard InChI is InChI=1S/C14H13NO3.C2H6/c1-8-2-5-12-10(6-8)13(16)11(14(17)18)7-15(12)9-3-4-9;1-2/h2,5-7,9H,3-4H2,1H3,(H,17,18);1-2H3. The van der Waals surface area contributed by atoms with Crippen molar-refractivity contribution in [1.29, 1.82) is 0 Å². The Morgan fingerprint density at radius 2 is 1.95 bits per heavy atom. The lowest BCUT2D eigenvalue weighted by molar-refractivity contribution is 0.0695. The number of carboxylic acid groups (broad SMARTS) is 1. The van der Waals surface area contributed by atoms with Crippen LogP contribution in [0.3, 0.4) is 0 Å². The van der Waals surface area contributed by atoms with Gasteiger partial charge in [0.1, 0.15) is 5.56 Å². The number of aromatic carboxylic acids is 1. The molecule has 0 saturated heterocycles. The Morgan fingerprint density at radius 1 is 1.30 bits per heavy atom. The van der Waals surface area contributed by atoms with Crippen molar-refractivity contribution in [2.24, 2.45) is 0 Å². The van der Waals surface area contributed by atoms with Gasteiger partial charge in [0.05, 0.1) is 5.52 Å². The van der Waals surface area contributed by atoms with E-state index in [1.165, 1.54) is 6.20 Å². The van der Waals surface area contributed by atoms with E-state index in [0.717, 1.165) is 23.9 Å². The predicted octanol–water partition coefficient (Wildman–Crippen LogP) is 3.37. The SMILES string of the molecule is CC.Cc1ccc2c(c1)c(=O)c(C(=O)O)cn2C1CC1. The molecule has 1 saturated carbocycles. The van der Waals surface area contributed by atoms with Crippen molar-refractivity contribution in [3.05, 3.63) is 45.7 Å². The van der Waals surface area contributed by atoms with Gasteiger partial charge in [0.15, 0.2) is 0 Å². The molecule has 1 aliphatic rings. The van der Waals surface area contributed by atoms with Gasteiger partial charge in [0, 0.05) is 17.6 Å². The molecule has 0 amide bonds. The summed E-state index contributed by atoms with van der Waals surface area (Å²) in [6.45, 7) is 5.90. The predicted molar refractivity (Wildman–Crippen MR) is 79.5 cm³/mol. The Hall–Kier alpha value is -2.10. The van der Waals surface area contributed by atoms with E-state index in [4.69, 9.17) is 5.11 Å². The average molecular weight is 273 g/mol. The molecule has 20 heavy (non-hydrogen) atoms. The Morgan fingerprint density at radius 3 is 2.50 bits per heavy atom. The summed E-state index contributed by atoms with van der Waals surface area (Å²) in [4.78, 5) is 23.3. The largest absolute Gasteiger partial charge is 0.477 e. The van der Waals surface area contributed by atoms with Gasteiger partial charge in [-0.05, 0) is 31.9 Å². The first-order valence-corrected chi connectivity index (χ1v) is 6.97. The molecule has 4 heteroatoms. The maximum atomic E-state index is 12.1. The highest BCUT2D eigenvalue weighted by Gasteiger charge is 2.26. The van der Waals surface area contributed by atoms with Crippen LogP contribution < -0.4 is 5.43 Å². The smallest absolute Gasteiger partial charge is 0.341 e. The number of pyridine rings is 1. The molecular weight excluding hydrogens is 254 g/mol. The average Bonchev–Trinajstić information content (AvgIpc) is 3.26. The Kier molecular flexibility index (Phi) is 3.93. The summed E-state index contributed by atoms with van der Waals surface area (Å²) in [6, 6.07) is 5.95. The number of hydrogen-bond acceptors (Lipinski definition) is 2. The van der Waals surface area contributed by atoms with Crippen molar-refractivity contribution >= 4 is 16.9 Å². The quantitative estimate of drug-likeness (QED) is 0.912. The van der Waals surface area contributed by atoms with Gasteiger partial charge in [-0.15, -0.1) is 0 Å². The number of rotatable bonds is 2. The van der Waals surface area contributed by atoms with Gasteiger partial charge < -0.3 is 9.67 Å². The monoisotopic (exact) mass is 273 g/mol. The van der Waals surface area contributed by atoms with Gasteiger partial charge in [-0.1, -0.05) is 25.5 Å². The molecule has 0 unspecified atom stereocenters. The number of aromatic nitrogens is 1. The van der Waals surface area contributed by atoms with E-state index in [0.29, 0.717) is 11.4 Å². The number of fused-ring (bicyclic) bond motifs is 1. The Labute approximate surface area is 117 Å². The third kappa shape index (κ3) is 2.46. The van der Waals surface area contributed by atoms with Crippen LogP contribution in [0.5, 0.6) is 0 Å². The summed E-state index contributed by atoms with van der Waals surface area (Å²) >= 11 is 0. The van der Waals surface area contributed by atoms with E-state index in [9.17, 15) is 9.59 Å². The summed E-state index contributed by atoms with van der Waals surface area (Å²) in [6.07, 6.45) is 3.58. The van der Waals surface area contributed by atoms with Crippen molar-refractivity contribution in [2.45, 2.75) is 39.7 Å². The highest BCUT2D eigenvalue weighted by molar-refractivity contribution is 5.92. The lowest BCUT2D eigenvalue weighted by Gasteiger charge is -2.11. The molecule has 0 aliphatic heterocycles. The first-order chi connectivity index (χ1) is 9.58. The van der Waals surface area contributed by atoms with Crippen molar-refractivity contribution in [2.75, 3.05) is 0 Å². The fourth-order valence-electron chi connectivity index (χ4n) is 2.28. The van der Waals surface area contributed by atoms with Crippen molar-refractivity contribution in [3.8, 4) is 0 Å². The topological polar surface area (TPSA) is 59.3 Å². The van der Waals surface area contributed by atoms with Gasteiger partial charge in [0.2, 0.25) is 5.43 Å². The first kappa shape index (κ1) is 14.3. The highest BCUT2D eigenvalue weighted by Crippen LogP contribution is 2.36.